The first-order chi connectivity index (χ1) is 11.0. The van der Waals surface area contributed by atoms with Crippen molar-refractivity contribution >= 4 is 33.9 Å². The van der Waals surface area contributed by atoms with E-state index in [9.17, 15) is 10.1 Å². The molecule has 3 rings (SSSR count). The summed E-state index contributed by atoms with van der Waals surface area (Å²) < 4.78 is 0. The second-order valence-electron chi connectivity index (χ2n) is 5.29. The molecule has 0 radical (unpaired) electrons. The van der Waals surface area contributed by atoms with Crippen molar-refractivity contribution in [2.24, 2.45) is 0 Å². The molecule has 0 atom stereocenters. The lowest BCUT2D eigenvalue weighted by Crippen LogP contribution is -2.01. The summed E-state index contributed by atoms with van der Waals surface area (Å²) in [7, 11) is 0. The number of hydrogen-bond donors (Lipinski definition) is 1. The van der Waals surface area contributed by atoms with E-state index in [2.05, 4.69) is 16.4 Å². The van der Waals surface area contributed by atoms with Crippen molar-refractivity contribution in [3.63, 3.8) is 0 Å². The zero-order valence-corrected chi connectivity index (χ0v) is 13.2. The number of halogens is 1. The van der Waals surface area contributed by atoms with Crippen LogP contribution in [0.3, 0.4) is 0 Å². The second-order valence-corrected chi connectivity index (χ2v) is 5.65. The molecule has 5 nitrogen and oxygen atoms in total. The van der Waals surface area contributed by atoms with Crippen molar-refractivity contribution in [2.75, 3.05) is 5.32 Å². The normalized spacial score (nSPS) is 10.7. The van der Waals surface area contributed by atoms with E-state index in [1.54, 1.807) is 12.1 Å². The number of rotatable bonds is 4. The zero-order valence-electron chi connectivity index (χ0n) is 12.4. The average molecular weight is 328 g/mol. The van der Waals surface area contributed by atoms with Crippen molar-refractivity contribution in [2.45, 2.75) is 13.5 Å². The maximum atomic E-state index is 10.6. The predicted molar refractivity (Wildman–Crippen MR) is 91.9 cm³/mol. The summed E-state index contributed by atoms with van der Waals surface area (Å²) in [6.07, 6.45) is 0. The average Bonchev–Trinajstić information content (AvgIpc) is 2.53. The molecule has 0 bridgehead atoms. The van der Waals surface area contributed by atoms with Crippen molar-refractivity contribution in [1.82, 2.24) is 4.98 Å². The number of nitro groups is 1. The third kappa shape index (κ3) is 3.40. The number of nitrogens with one attached hydrogen (secondary N) is 1. The SMILES string of the molecule is Cc1ccc2nc(Cl)c(CNc3ccc([N+](=O)[O-])cc3)cc2c1. The standard InChI is InChI=1S/C17H14ClN3O2/c1-11-2-7-16-12(8-11)9-13(17(18)20-16)10-19-14-3-5-15(6-4-14)21(22)23/h2-9,19H,10H2,1H3. The van der Waals surface area contributed by atoms with Gasteiger partial charge in [0.25, 0.3) is 5.69 Å². The lowest BCUT2D eigenvalue weighted by atomic mass is 10.1. The van der Waals surface area contributed by atoms with Gasteiger partial charge in [-0.15, -0.1) is 0 Å². The minimum absolute atomic E-state index is 0.0661. The molecule has 0 saturated heterocycles. The van der Waals surface area contributed by atoms with E-state index in [0.29, 0.717) is 11.7 Å². The third-order valence-electron chi connectivity index (χ3n) is 3.56. The fourth-order valence-corrected chi connectivity index (χ4v) is 2.55. The summed E-state index contributed by atoms with van der Waals surface area (Å²) in [6, 6.07) is 14.3. The van der Waals surface area contributed by atoms with Gasteiger partial charge in [-0.05, 0) is 37.3 Å². The van der Waals surface area contributed by atoms with Gasteiger partial charge in [0, 0.05) is 35.3 Å². The Hall–Kier alpha value is -2.66. The summed E-state index contributed by atoms with van der Waals surface area (Å²) in [4.78, 5) is 14.6. The van der Waals surface area contributed by atoms with Gasteiger partial charge < -0.3 is 5.32 Å². The van der Waals surface area contributed by atoms with Gasteiger partial charge >= 0.3 is 0 Å². The maximum Gasteiger partial charge on any atom is 0.269 e. The van der Waals surface area contributed by atoms with Gasteiger partial charge in [-0.3, -0.25) is 10.1 Å². The van der Waals surface area contributed by atoms with Gasteiger partial charge in [0.05, 0.1) is 10.4 Å². The molecule has 0 amide bonds. The minimum atomic E-state index is -0.420. The molecular formula is C17H14ClN3O2. The molecule has 0 unspecified atom stereocenters. The fourth-order valence-electron chi connectivity index (χ4n) is 2.34. The first kappa shape index (κ1) is 15.2. The van der Waals surface area contributed by atoms with Crippen molar-refractivity contribution in [3.8, 4) is 0 Å². The number of pyridine rings is 1. The van der Waals surface area contributed by atoms with Crippen LogP contribution in [0, 0.1) is 17.0 Å². The van der Waals surface area contributed by atoms with E-state index in [4.69, 9.17) is 11.6 Å². The summed E-state index contributed by atoms with van der Waals surface area (Å²) in [5.74, 6) is 0. The molecule has 0 aliphatic heterocycles. The highest BCUT2D eigenvalue weighted by atomic mass is 35.5. The third-order valence-corrected chi connectivity index (χ3v) is 3.88. The van der Waals surface area contributed by atoms with Gasteiger partial charge in [0.2, 0.25) is 0 Å². The Morgan fingerprint density at radius 1 is 1.17 bits per heavy atom. The molecule has 1 aromatic heterocycles. The van der Waals surface area contributed by atoms with E-state index in [1.807, 2.05) is 25.1 Å². The van der Waals surface area contributed by atoms with E-state index in [0.717, 1.165) is 27.7 Å². The van der Waals surface area contributed by atoms with Crippen LogP contribution in [0.25, 0.3) is 10.9 Å². The Kier molecular flexibility index (Phi) is 4.12. The number of fused-ring (bicyclic) bond motifs is 1. The highest BCUT2D eigenvalue weighted by molar-refractivity contribution is 6.30. The molecule has 1 heterocycles. The number of aryl methyl sites for hydroxylation is 1. The van der Waals surface area contributed by atoms with Crippen molar-refractivity contribution < 1.29 is 4.92 Å². The Morgan fingerprint density at radius 2 is 1.91 bits per heavy atom. The molecule has 0 aliphatic rings. The lowest BCUT2D eigenvalue weighted by molar-refractivity contribution is -0.384. The van der Waals surface area contributed by atoms with E-state index in [-0.39, 0.29) is 5.69 Å². The zero-order chi connectivity index (χ0) is 16.4. The van der Waals surface area contributed by atoms with Gasteiger partial charge in [-0.25, -0.2) is 4.98 Å². The van der Waals surface area contributed by atoms with Crippen LogP contribution < -0.4 is 5.32 Å². The van der Waals surface area contributed by atoms with E-state index in [1.165, 1.54) is 12.1 Å². The molecule has 116 valence electrons. The van der Waals surface area contributed by atoms with E-state index >= 15 is 0 Å². The molecule has 0 fully saturated rings. The lowest BCUT2D eigenvalue weighted by Gasteiger charge is -2.09. The summed E-state index contributed by atoms with van der Waals surface area (Å²) in [5, 5.41) is 15.3. The number of hydrogen-bond acceptors (Lipinski definition) is 4. The van der Waals surface area contributed by atoms with E-state index < -0.39 is 4.92 Å². The molecule has 23 heavy (non-hydrogen) atoms. The number of benzene rings is 2. The van der Waals surface area contributed by atoms with Crippen molar-refractivity contribution in [1.29, 1.82) is 0 Å². The van der Waals surface area contributed by atoms with Crippen LogP contribution in [0.2, 0.25) is 5.15 Å². The largest absolute Gasteiger partial charge is 0.381 e. The highest BCUT2D eigenvalue weighted by Crippen LogP contribution is 2.23. The Morgan fingerprint density at radius 3 is 2.61 bits per heavy atom. The summed E-state index contributed by atoms with van der Waals surface area (Å²) >= 11 is 6.24. The quantitative estimate of drug-likeness (QED) is 0.428. The number of nitro benzene ring substituents is 1. The van der Waals surface area contributed by atoms with Crippen LogP contribution >= 0.6 is 11.6 Å². The Labute approximate surface area is 138 Å². The molecular weight excluding hydrogens is 314 g/mol. The Bertz CT molecular complexity index is 879. The van der Waals surface area contributed by atoms with Gasteiger partial charge in [0.15, 0.2) is 0 Å². The van der Waals surface area contributed by atoms with Crippen molar-refractivity contribution in [3.05, 3.63) is 74.9 Å². The summed E-state index contributed by atoms with van der Waals surface area (Å²) in [5.41, 5.74) is 3.76. The van der Waals surface area contributed by atoms with Gasteiger partial charge in [-0.2, -0.15) is 0 Å². The molecule has 3 aromatic rings. The molecule has 1 N–H and O–H groups in total. The molecule has 0 aliphatic carbocycles. The molecule has 0 saturated carbocycles. The monoisotopic (exact) mass is 327 g/mol. The van der Waals surface area contributed by atoms with Crippen LogP contribution in [-0.4, -0.2) is 9.91 Å². The Balaban J connectivity index is 1.80. The molecule has 0 spiro atoms. The van der Waals surface area contributed by atoms with Crippen LogP contribution in [0.5, 0.6) is 0 Å². The van der Waals surface area contributed by atoms with Crippen LogP contribution in [0.4, 0.5) is 11.4 Å². The number of nitrogens with zero attached hydrogens (tertiary/aromatic N) is 2. The molecule has 2 aromatic carbocycles. The topological polar surface area (TPSA) is 68.1 Å². The first-order valence-electron chi connectivity index (χ1n) is 7.07. The smallest absolute Gasteiger partial charge is 0.269 e. The van der Waals surface area contributed by atoms with Crippen LogP contribution in [0.1, 0.15) is 11.1 Å². The van der Waals surface area contributed by atoms with Crippen LogP contribution in [0.15, 0.2) is 48.5 Å². The fraction of sp³-hybridized carbons (Fsp3) is 0.118. The maximum absolute atomic E-state index is 10.6. The number of anilines is 1. The molecule has 6 heteroatoms. The number of aromatic nitrogens is 1. The first-order valence-corrected chi connectivity index (χ1v) is 7.45. The minimum Gasteiger partial charge on any atom is -0.381 e. The van der Waals surface area contributed by atoms with Gasteiger partial charge in [-0.1, -0.05) is 23.2 Å². The number of non-ortho nitro benzene ring substituents is 1. The highest BCUT2D eigenvalue weighted by Gasteiger charge is 2.07. The second kappa shape index (κ2) is 6.22. The predicted octanol–water partition coefficient (Wildman–Crippen LogP) is 4.72. The van der Waals surface area contributed by atoms with Crippen LogP contribution in [-0.2, 0) is 6.54 Å². The summed E-state index contributed by atoms with van der Waals surface area (Å²) in [6.45, 7) is 2.52. The van der Waals surface area contributed by atoms with Gasteiger partial charge in [0.1, 0.15) is 5.15 Å².